The summed E-state index contributed by atoms with van der Waals surface area (Å²) in [5, 5.41) is 8.87. The number of carbonyl (C=O) groups is 1. The number of benzene rings is 1. The highest BCUT2D eigenvalue weighted by atomic mass is 16.5. The van der Waals surface area contributed by atoms with Crippen LogP contribution in [0.3, 0.4) is 0 Å². The van der Waals surface area contributed by atoms with Crippen molar-refractivity contribution in [3.8, 4) is 11.5 Å². The molecule has 1 fully saturated rings. The van der Waals surface area contributed by atoms with Gasteiger partial charge in [0, 0.05) is 17.5 Å². The summed E-state index contributed by atoms with van der Waals surface area (Å²) in [6.45, 7) is 6.22. The molecular formula is C21H31NO4. The van der Waals surface area contributed by atoms with Crippen molar-refractivity contribution < 1.29 is 19.4 Å². The van der Waals surface area contributed by atoms with Gasteiger partial charge in [-0.25, -0.2) is 0 Å². The summed E-state index contributed by atoms with van der Waals surface area (Å²) >= 11 is 0. The van der Waals surface area contributed by atoms with E-state index in [9.17, 15) is 4.79 Å². The van der Waals surface area contributed by atoms with Gasteiger partial charge >= 0.3 is 5.97 Å². The van der Waals surface area contributed by atoms with E-state index in [-0.39, 0.29) is 11.8 Å². The molecule has 0 atom stereocenters. The van der Waals surface area contributed by atoms with Gasteiger partial charge in [-0.2, -0.15) is 0 Å². The first-order valence-electron chi connectivity index (χ1n) is 9.97. The van der Waals surface area contributed by atoms with Crippen molar-refractivity contribution >= 4 is 5.97 Å². The normalized spacial score (nSPS) is 18.5. The minimum Gasteiger partial charge on any atom is -0.494 e. The van der Waals surface area contributed by atoms with Gasteiger partial charge in [0.1, 0.15) is 11.5 Å². The molecule has 1 aromatic carbocycles. The van der Waals surface area contributed by atoms with Crippen molar-refractivity contribution in [1.82, 2.24) is 4.90 Å². The van der Waals surface area contributed by atoms with Gasteiger partial charge in [0.2, 0.25) is 0 Å². The standard InChI is InChI=1S/C21H31NO4/c1-2-3-4-5-14-25-17-6-7-19-18(15-17)21(16-26-19)9-12-22(13-10-21)11-8-20(23)24/h6-7,15H,2-5,8-14,16H2,1H3,(H,23,24). The van der Waals surface area contributed by atoms with Crippen LogP contribution in [0.25, 0.3) is 0 Å². The number of fused-ring (bicyclic) bond motifs is 2. The molecule has 0 amide bonds. The summed E-state index contributed by atoms with van der Waals surface area (Å²) in [6.07, 6.45) is 7.08. The highest BCUT2D eigenvalue weighted by molar-refractivity contribution is 5.66. The average molecular weight is 361 g/mol. The third-order valence-electron chi connectivity index (χ3n) is 5.75. The maximum Gasteiger partial charge on any atom is 0.304 e. The number of hydrogen-bond acceptors (Lipinski definition) is 4. The number of piperidine rings is 1. The molecule has 2 aliphatic rings. The molecule has 1 aromatic rings. The molecule has 2 aliphatic heterocycles. The predicted octanol–water partition coefficient (Wildman–Crippen LogP) is 3.85. The molecule has 0 unspecified atom stereocenters. The maximum absolute atomic E-state index is 10.8. The molecule has 0 aliphatic carbocycles. The summed E-state index contributed by atoms with van der Waals surface area (Å²) in [6, 6.07) is 6.23. The Balaban J connectivity index is 1.58. The van der Waals surface area contributed by atoms with E-state index in [1.165, 1.54) is 24.8 Å². The fourth-order valence-corrected chi connectivity index (χ4v) is 4.02. The number of rotatable bonds is 9. The summed E-state index contributed by atoms with van der Waals surface area (Å²) in [4.78, 5) is 13.0. The lowest BCUT2D eigenvalue weighted by Gasteiger charge is -2.38. The average Bonchev–Trinajstić information content (AvgIpc) is 2.99. The summed E-state index contributed by atoms with van der Waals surface area (Å²) < 4.78 is 11.9. The smallest absolute Gasteiger partial charge is 0.304 e. The Labute approximate surface area is 156 Å². The fourth-order valence-electron chi connectivity index (χ4n) is 4.02. The Bertz CT molecular complexity index is 608. The van der Waals surface area contributed by atoms with Crippen LogP contribution in [-0.2, 0) is 10.2 Å². The largest absolute Gasteiger partial charge is 0.494 e. The zero-order valence-corrected chi connectivity index (χ0v) is 15.8. The van der Waals surface area contributed by atoms with Crippen molar-refractivity contribution in [1.29, 1.82) is 0 Å². The molecule has 1 saturated heterocycles. The first kappa shape index (κ1) is 19.0. The molecule has 5 nitrogen and oxygen atoms in total. The number of carboxylic acids is 1. The summed E-state index contributed by atoms with van der Waals surface area (Å²) in [5.74, 6) is 1.21. The number of likely N-dealkylation sites (tertiary alicyclic amines) is 1. The second-order valence-corrected chi connectivity index (χ2v) is 7.62. The Kier molecular flexibility index (Phi) is 6.41. The van der Waals surface area contributed by atoms with Crippen molar-refractivity contribution in [3.63, 3.8) is 0 Å². The minimum absolute atomic E-state index is 0.0661. The lowest BCUT2D eigenvalue weighted by atomic mass is 9.74. The molecular weight excluding hydrogens is 330 g/mol. The molecule has 0 radical (unpaired) electrons. The molecule has 144 valence electrons. The molecule has 1 N–H and O–H groups in total. The van der Waals surface area contributed by atoms with Crippen LogP contribution in [0, 0.1) is 0 Å². The number of hydrogen-bond donors (Lipinski definition) is 1. The molecule has 1 spiro atoms. The lowest BCUT2D eigenvalue weighted by Crippen LogP contribution is -2.44. The first-order chi connectivity index (χ1) is 12.6. The highest BCUT2D eigenvalue weighted by Gasteiger charge is 2.43. The lowest BCUT2D eigenvalue weighted by molar-refractivity contribution is -0.137. The van der Waals surface area contributed by atoms with Gasteiger partial charge in [0.15, 0.2) is 0 Å². The fraction of sp³-hybridized carbons (Fsp3) is 0.667. The van der Waals surface area contributed by atoms with E-state index in [1.807, 2.05) is 12.1 Å². The Morgan fingerprint density at radius 1 is 1.27 bits per heavy atom. The van der Waals surface area contributed by atoms with Gasteiger partial charge in [-0.3, -0.25) is 4.79 Å². The SMILES string of the molecule is CCCCCCOc1ccc2c(c1)C1(CCN(CCC(=O)O)CC1)CO2. The Hall–Kier alpha value is -1.75. The molecule has 0 aromatic heterocycles. The van der Waals surface area contributed by atoms with Crippen molar-refractivity contribution in [2.45, 2.75) is 57.3 Å². The van der Waals surface area contributed by atoms with E-state index in [2.05, 4.69) is 17.9 Å². The number of aliphatic carboxylic acids is 1. The van der Waals surface area contributed by atoms with Crippen LogP contribution >= 0.6 is 0 Å². The van der Waals surface area contributed by atoms with Gasteiger partial charge in [0.05, 0.1) is 19.6 Å². The second kappa shape index (κ2) is 8.76. The van der Waals surface area contributed by atoms with Crippen LogP contribution in [0.5, 0.6) is 11.5 Å². The zero-order valence-electron chi connectivity index (χ0n) is 15.8. The monoisotopic (exact) mass is 361 g/mol. The van der Waals surface area contributed by atoms with Gasteiger partial charge < -0.3 is 19.5 Å². The third-order valence-corrected chi connectivity index (χ3v) is 5.75. The van der Waals surface area contributed by atoms with E-state index in [1.54, 1.807) is 0 Å². The van der Waals surface area contributed by atoms with Gasteiger partial charge in [0.25, 0.3) is 0 Å². The first-order valence-corrected chi connectivity index (χ1v) is 9.97. The Morgan fingerprint density at radius 3 is 2.81 bits per heavy atom. The second-order valence-electron chi connectivity index (χ2n) is 7.62. The molecule has 5 heteroatoms. The Morgan fingerprint density at radius 2 is 2.08 bits per heavy atom. The van der Waals surface area contributed by atoms with Gasteiger partial charge in [-0.1, -0.05) is 26.2 Å². The predicted molar refractivity (Wildman–Crippen MR) is 101 cm³/mol. The van der Waals surface area contributed by atoms with Crippen molar-refractivity contribution in [2.75, 3.05) is 32.8 Å². The minimum atomic E-state index is -0.722. The van der Waals surface area contributed by atoms with Crippen LogP contribution in [0.2, 0.25) is 0 Å². The van der Waals surface area contributed by atoms with Crippen LogP contribution in [0.4, 0.5) is 0 Å². The van der Waals surface area contributed by atoms with E-state index < -0.39 is 5.97 Å². The summed E-state index contributed by atoms with van der Waals surface area (Å²) in [7, 11) is 0. The number of ether oxygens (including phenoxy) is 2. The molecule has 2 heterocycles. The van der Waals surface area contributed by atoms with E-state index in [0.29, 0.717) is 6.54 Å². The number of carboxylic acid groups (broad SMARTS) is 1. The zero-order chi connectivity index (χ0) is 18.4. The molecule has 0 saturated carbocycles. The number of unbranched alkanes of at least 4 members (excludes halogenated alkanes) is 3. The topological polar surface area (TPSA) is 59.0 Å². The van der Waals surface area contributed by atoms with Crippen LogP contribution in [-0.4, -0.2) is 48.8 Å². The van der Waals surface area contributed by atoms with Crippen LogP contribution in [0.15, 0.2) is 18.2 Å². The van der Waals surface area contributed by atoms with E-state index >= 15 is 0 Å². The summed E-state index contributed by atoms with van der Waals surface area (Å²) in [5.41, 5.74) is 1.35. The van der Waals surface area contributed by atoms with Crippen LogP contribution in [0.1, 0.15) is 57.4 Å². The third kappa shape index (κ3) is 4.50. The molecule has 0 bridgehead atoms. The molecule has 26 heavy (non-hydrogen) atoms. The van der Waals surface area contributed by atoms with Gasteiger partial charge in [-0.05, 0) is 50.6 Å². The van der Waals surface area contributed by atoms with Crippen molar-refractivity contribution in [3.05, 3.63) is 23.8 Å². The maximum atomic E-state index is 10.8. The molecule has 3 rings (SSSR count). The highest BCUT2D eigenvalue weighted by Crippen LogP contribution is 2.46. The van der Waals surface area contributed by atoms with Crippen molar-refractivity contribution in [2.24, 2.45) is 0 Å². The van der Waals surface area contributed by atoms with Crippen LogP contribution < -0.4 is 9.47 Å². The van der Waals surface area contributed by atoms with E-state index in [4.69, 9.17) is 14.6 Å². The number of nitrogens with zero attached hydrogens (tertiary/aromatic N) is 1. The van der Waals surface area contributed by atoms with E-state index in [0.717, 1.165) is 57.1 Å². The van der Waals surface area contributed by atoms with Gasteiger partial charge in [-0.15, -0.1) is 0 Å². The quantitative estimate of drug-likeness (QED) is 0.677.